The van der Waals surface area contributed by atoms with Crippen molar-refractivity contribution in [2.75, 3.05) is 13.1 Å². The number of amides is 2. The number of ether oxygens (including phenoxy) is 1. The number of nitrogens with zero attached hydrogens (tertiary/aromatic N) is 1. The van der Waals surface area contributed by atoms with Crippen LogP contribution in [0.25, 0.3) is 0 Å². The van der Waals surface area contributed by atoms with Gasteiger partial charge in [-0.15, -0.1) is 0 Å². The molecule has 24 heavy (non-hydrogen) atoms. The van der Waals surface area contributed by atoms with Crippen LogP contribution in [-0.4, -0.2) is 35.7 Å². The molecule has 0 bridgehead atoms. The van der Waals surface area contributed by atoms with Gasteiger partial charge in [0.1, 0.15) is 0 Å². The first-order valence-corrected chi connectivity index (χ1v) is 9.63. The van der Waals surface area contributed by atoms with Gasteiger partial charge in [0.2, 0.25) is 0 Å². The van der Waals surface area contributed by atoms with Crippen LogP contribution >= 0.6 is 15.9 Å². The molecule has 1 unspecified atom stereocenters. The summed E-state index contributed by atoms with van der Waals surface area (Å²) in [6.07, 6.45) is 4.59. The molecule has 2 aliphatic rings. The van der Waals surface area contributed by atoms with Gasteiger partial charge in [-0.2, -0.15) is 0 Å². The summed E-state index contributed by atoms with van der Waals surface area (Å²) in [5.74, 6) is 0. The number of benzene rings is 1. The Morgan fingerprint density at radius 1 is 1.29 bits per heavy atom. The molecule has 4 nitrogen and oxygen atoms in total. The van der Waals surface area contributed by atoms with Crippen LogP contribution in [0.3, 0.4) is 0 Å². The third-order valence-corrected chi connectivity index (χ3v) is 5.12. The molecule has 1 aromatic rings. The lowest BCUT2D eigenvalue weighted by Gasteiger charge is -2.42. The SMILES string of the molecule is CC(C)(C)OC1CN(C(=O)NC2CCCCc3cc(Br)ccc32)C1. The van der Waals surface area contributed by atoms with Gasteiger partial charge in [0, 0.05) is 4.47 Å². The number of likely N-dealkylation sites (tertiary alicyclic amines) is 1. The summed E-state index contributed by atoms with van der Waals surface area (Å²) in [6.45, 7) is 7.52. The molecule has 2 amide bonds. The summed E-state index contributed by atoms with van der Waals surface area (Å²) in [6, 6.07) is 6.56. The van der Waals surface area contributed by atoms with Gasteiger partial charge in [-0.1, -0.05) is 28.4 Å². The standard InChI is InChI=1S/C19H27BrN2O2/c1-19(2,3)24-15-11-22(12-15)18(23)21-17-7-5-4-6-13-10-14(20)8-9-16(13)17/h8-10,15,17H,4-7,11-12H2,1-3H3,(H,21,23). The Balaban J connectivity index is 1.60. The molecule has 0 aromatic heterocycles. The van der Waals surface area contributed by atoms with Crippen molar-refractivity contribution in [3.8, 4) is 0 Å². The Hall–Kier alpha value is -1.07. The van der Waals surface area contributed by atoms with Crippen LogP contribution in [0.15, 0.2) is 22.7 Å². The zero-order chi connectivity index (χ0) is 17.3. The molecule has 3 rings (SSSR count). The second-order valence-corrected chi connectivity index (χ2v) is 8.76. The minimum absolute atomic E-state index is 0.0320. The normalized spacial score (nSPS) is 21.7. The molecule has 1 atom stereocenters. The zero-order valence-corrected chi connectivity index (χ0v) is 16.4. The van der Waals surface area contributed by atoms with Crippen LogP contribution in [0, 0.1) is 0 Å². The molecule has 1 aliphatic heterocycles. The van der Waals surface area contributed by atoms with E-state index in [4.69, 9.17) is 4.74 Å². The van der Waals surface area contributed by atoms with E-state index in [1.54, 1.807) is 0 Å². The van der Waals surface area contributed by atoms with Crippen molar-refractivity contribution in [2.24, 2.45) is 0 Å². The van der Waals surface area contributed by atoms with Crippen LogP contribution in [-0.2, 0) is 11.2 Å². The lowest BCUT2D eigenvalue weighted by molar-refractivity contribution is -0.111. The summed E-state index contributed by atoms with van der Waals surface area (Å²) < 4.78 is 7.02. The first kappa shape index (κ1) is 17.7. The van der Waals surface area contributed by atoms with E-state index in [1.807, 2.05) is 4.90 Å². The van der Waals surface area contributed by atoms with E-state index in [0.717, 1.165) is 23.7 Å². The monoisotopic (exact) mass is 394 g/mol. The van der Waals surface area contributed by atoms with Gasteiger partial charge in [0.05, 0.1) is 30.8 Å². The number of aryl methyl sites for hydroxylation is 1. The molecule has 0 radical (unpaired) electrons. The van der Waals surface area contributed by atoms with Crippen molar-refractivity contribution in [3.05, 3.63) is 33.8 Å². The molecule has 5 heteroatoms. The fourth-order valence-corrected chi connectivity index (χ4v) is 3.93. The maximum absolute atomic E-state index is 12.5. The van der Waals surface area contributed by atoms with E-state index in [-0.39, 0.29) is 23.8 Å². The second kappa shape index (κ2) is 7.04. The Labute approximate surface area is 153 Å². The fraction of sp³-hybridized carbons (Fsp3) is 0.632. The van der Waals surface area contributed by atoms with Gasteiger partial charge in [-0.05, 0) is 63.3 Å². The molecule has 1 aromatic carbocycles. The maximum atomic E-state index is 12.5. The van der Waals surface area contributed by atoms with Crippen molar-refractivity contribution in [1.29, 1.82) is 0 Å². The van der Waals surface area contributed by atoms with Crippen LogP contribution in [0.2, 0.25) is 0 Å². The number of hydrogen-bond donors (Lipinski definition) is 1. The van der Waals surface area contributed by atoms with Crippen molar-refractivity contribution >= 4 is 22.0 Å². The molecule has 0 saturated carbocycles. The molecule has 1 heterocycles. The van der Waals surface area contributed by atoms with Crippen LogP contribution < -0.4 is 5.32 Å². The van der Waals surface area contributed by atoms with E-state index in [2.05, 4.69) is 60.2 Å². The Morgan fingerprint density at radius 3 is 2.75 bits per heavy atom. The Bertz CT molecular complexity index is 606. The number of carbonyl (C=O) groups excluding carboxylic acids is 1. The van der Waals surface area contributed by atoms with Crippen molar-refractivity contribution in [2.45, 2.75) is 64.2 Å². The van der Waals surface area contributed by atoms with Gasteiger partial charge in [-0.3, -0.25) is 0 Å². The number of carbonyl (C=O) groups is 1. The van der Waals surface area contributed by atoms with Crippen LogP contribution in [0.5, 0.6) is 0 Å². The lowest BCUT2D eigenvalue weighted by atomic mass is 9.99. The predicted molar refractivity (Wildman–Crippen MR) is 99.2 cm³/mol. The molecule has 132 valence electrons. The molecule has 1 saturated heterocycles. The third kappa shape index (κ3) is 4.31. The topological polar surface area (TPSA) is 41.6 Å². The maximum Gasteiger partial charge on any atom is 0.318 e. The highest BCUT2D eigenvalue weighted by atomic mass is 79.9. The van der Waals surface area contributed by atoms with Gasteiger partial charge in [0.15, 0.2) is 0 Å². The summed E-state index contributed by atoms with van der Waals surface area (Å²) in [5.41, 5.74) is 2.47. The van der Waals surface area contributed by atoms with Gasteiger partial charge in [-0.25, -0.2) is 4.79 Å². The average Bonchev–Trinajstić information content (AvgIpc) is 2.63. The third-order valence-electron chi connectivity index (χ3n) is 4.62. The number of halogens is 1. The van der Waals surface area contributed by atoms with E-state index < -0.39 is 0 Å². The van der Waals surface area contributed by atoms with Crippen molar-refractivity contribution in [1.82, 2.24) is 10.2 Å². The largest absolute Gasteiger partial charge is 0.369 e. The number of urea groups is 1. The summed E-state index contributed by atoms with van der Waals surface area (Å²) in [5, 5.41) is 3.24. The molecular weight excluding hydrogens is 368 g/mol. The minimum Gasteiger partial charge on any atom is -0.369 e. The highest BCUT2D eigenvalue weighted by Gasteiger charge is 2.35. The molecular formula is C19H27BrN2O2. The van der Waals surface area contributed by atoms with Crippen molar-refractivity contribution in [3.63, 3.8) is 0 Å². The number of hydrogen-bond acceptors (Lipinski definition) is 2. The molecule has 1 N–H and O–H groups in total. The highest BCUT2D eigenvalue weighted by Crippen LogP contribution is 2.31. The first-order chi connectivity index (χ1) is 11.3. The minimum atomic E-state index is -0.152. The van der Waals surface area contributed by atoms with E-state index in [1.165, 1.54) is 17.5 Å². The van der Waals surface area contributed by atoms with E-state index in [0.29, 0.717) is 13.1 Å². The predicted octanol–water partition coefficient (Wildman–Crippen LogP) is 4.43. The van der Waals surface area contributed by atoms with Crippen LogP contribution in [0.4, 0.5) is 4.79 Å². The number of rotatable bonds is 2. The summed E-state index contributed by atoms with van der Waals surface area (Å²) in [4.78, 5) is 14.4. The fourth-order valence-electron chi connectivity index (χ4n) is 3.52. The Morgan fingerprint density at radius 2 is 2.04 bits per heavy atom. The quantitative estimate of drug-likeness (QED) is 0.753. The van der Waals surface area contributed by atoms with Gasteiger partial charge >= 0.3 is 6.03 Å². The average molecular weight is 395 g/mol. The molecule has 0 spiro atoms. The smallest absolute Gasteiger partial charge is 0.318 e. The second-order valence-electron chi connectivity index (χ2n) is 7.85. The van der Waals surface area contributed by atoms with Crippen molar-refractivity contribution < 1.29 is 9.53 Å². The summed E-state index contributed by atoms with van der Waals surface area (Å²) in [7, 11) is 0. The number of nitrogens with one attached hydrogen (secondary N) is 1. The highest BCUT2D eigenvalue weighted by molar-refractivity contribution is 9.10. The molecule has 1 aliphatic carbocycles. The zero-order valence-electron chi connectivity index (χ0n) is 14.8. The summed E-state index contributed by atoms with van der Waals surface area (Å²) >= 11 is 3.55. The Kier molecular flexibility index (Phi) is 5.21. The van der Waals surface area contributed by atoms with Gasteiger partial charge in [0.25, 0.3) is 0 Å². The van der Waals surface area contributed by atoms with Gasteiger partial charge < -0.3 is 15.0 Å². The number of fused-ring (bicyclic) bond motifs is 1. The van der Waals surface area contributed by atoms with Crippen LogP contribution in [0.1, 0.15) is 57.2 Å². The first-order valence-electron chi connectivity index (χ1n) is 8.83. The van der Waals surface area contributed by atoms with E-state index >= 15 is 0 Å². The lowest BCUT2D eigenvalue weighted by Crippen LogP contribution is -2.59. The molecule has 1 fully saturated rings. The van der Waals surface area contributed by atoms with E-state index in [9.17, 15) is 4.79 Å².